The minimum atomic E-state index is 0.737. The molecule has 0 fully saturated rings. The van der Waals surface area contributed by atoms with Crippen molar-refractivity contribution in [2.75, 3.05) is 0 Å². The largest absolute Gasteiger partial charge is 0.228 e. The zero-order chi connectivity index (χ0) is 30.5. The third-order valence-corrected chi connectivity index (χ3v) is 10.9. The van der Waals surface area contributed by atoms with Gasteiger partial charge in [-0.15, -0.1) is 22.7 Å². The van der Waals surface area contributed by atoms with Gasteiger partial charge in [-0.3, -0.25) is 0 Å². The van der Waals surface area contributed by atoms with E-state index in [1.54, 1.807) is 0 Å². The van der Waals surface area contributed by atoms with Crippen LogP contribution in [0.4, 0.5) is 0 Å². The van der Waals surface area contributed by atoms with Crippen LogP contribution in [0.15, 0.2) is 158 Å². The molecule has 216 valence electrons. The number of fused-ring (bicyclic) bond motifs is 4. The van der Waals surface area contributed by atoms with Gasteiger partial charge >= 0.3 is 0 Å². The van der Waals surface area contributed by atoms with Crippen LogP contribution in [0.25, 0.3) is 85.7 Å². The van der Waals surface area contributed by atoms with Crippen LogP contribution in [0.5, 0.6) is 0 Å². The fraction of sp³-hybridized carbons (Fsp3) is 0. The molecule has 6 aromatic carbocycles. The molecular weight excluding hydrogens is 597 g/mol. The van der Waals surface area contributed by atoms with Crippen molar-refractivity contribution in [2.24, 2.45) is 0 Å². The lowest BCUT2D eigenvalue weighted by Crippen LogP contribution is -1.97. The van der Waals surface area contributed by atoms with E-state index in [2.05, 4.69) is 158 Å². The lowest BCUT2D eigenvalue weighted by Gasteiger charge is -2.13. The number of aromatic nitrogens is 2. The molecule has 3 heterocycles. The summed E-state index contributed by atoms with van der Waals surface area (Å²) in [6.07, 6.45) is 0. The molecule has 9 rings (SSSR count). The Morgan fingerprint density at radius 2 is 1.04 bits per heavy atom. The molecule has 3 aromatic heterocycles. The zero-order valence-electron chi connectivity index (χ0n) is 24.7. The molecule has 0 atom stereocenters. The molecule has 0 radical (unpaired) electrons. The number of hydrogen-bond donors (Lipinski definition) is 0. The average molecular weight is 623 g/mol. The summed E-state index contributed by atoms with van der Waals surface area (Å²) in [7, 11) is 0. The van der Waals surface area contributed by atoms with E-state index in [0.717, 1.165) is 39.5 Å². The minimum absolute atomic E-state index is 0.737. The smallest absolute Gasteiger partial charge is 0.161 e. The quantitative estimate of drug-likeness (QED) is 0.191. The van der Waals surface area contributed by atoms with Gasteiger partial charge < -0.3 is 0 Å². The molecule has 0 spiro atoms. The highest BCUT2D eigenvalue weighted by Crippen LogP contribution is 2.41. The van der Waals surface area contributed by atoms with Crippen molar-refractivity contribution >= 4 is 52.9 Å². The molecule has 0 amide bonds. The van der Waals surface area contributed by atoms with E-state index in [9.17, 15) is 0 Å². The maximum Gasteiger partial charge on any atom is 0.161 e. The van der Waals surface area contributed by atoms with Crippen LogP contribution in [0, 0.1) is 0 Å². The van der Waals surface area contributed by atoms with E-state index in [4.69, 9.17) is 9.97 Å². The van der Waals surface area contributed by atoms with Crippen molar-refractivity contribution in [3.8, 4) is 55.5 Å². The van der Waals surface area contributed by atoms with Crippen molar-refractivity contribution in [1.29, 1.82) is 0 Å². The predicted molar refractivity (Wildman–Crippen MR) is 197 cm³/mol. The number of nitrogens with zero attached hydrogens (tertiary/aromatic N) is 2. The van der Waals surface area contributed by atoms with Crippen LogP contribution in [0.1, 0.15) is 0 Å². The van der Waals surface area contributed by atoms with Gasteiger partial charge in [-0.05, 0) is 52.4 Å². The van der Waals surface area contributed by atoms with E-state index in [1.165, 1.54) is 46.3 Å². The summed E-state index contributed by atoms with van der Waals surface area (Å²) in [4.78, 5) is 11.8. The number of rotatable bonds is 5. The van der Waals surface area contributed by atoms with Crippen molar-refractivity contribution in [1.82, 2.24) is 9.97 Å². The molecule has 0 saturated heterocycles. The molecule has 46 heavy (non-hydrogen) atoms. The Bertz CT molecular complexity index is 2490. The highest BCUT2D eigenvalue weighted by Gasteiger charge is 2.17. The molecule has 0 aliphatic carbocycles. The molecule has 4 heteroatoms. The molecule has 0 N–H and O–H groups in total. The topological polar surface area (TPSA) is 25.8 Å². The van der Waals surface area contributed by atoms with Crippen molar-refractivity contribution in [3.63, 3.8) is 0 Å². The SMILES string of the molecule is c1ccc(-c2ccccc2-c2cc(-c3ccc(-c4cc5ccccc5s4)cc3)nc(-c3cccc4c3sc3ccccc34)n2)cc1. The van der Waals surface area contributed by atoms with Crippen LogP contribution in [0.3, 0.4) is 0 Å². The van der Waals surface area contributed by atoms with Gasteiger partial charge in [0, 0.05) is 46.4 Å². The van der Waals surface area contributed by atoms with Crippen molar-refractivity contribution in [2.45, 2.75) is 0 Å². The van der Waals surface area contributed by atoms with Gasteiger partial charge in [0.25, 0.3) is 0 Å². The van der Waals surface area contributed by atoms with Crippen molar-refractivity contribution < 1.29 is 0 Å². The molecule has 2 nitrogen and oxygen atoms in total. The summed E-state index contributed by atoms with van der Waals surface area (Å²) >= 11 is 3.64. The summed E-state index contributed by atoms with van der Waals surface area (Å²) in [5.41, 5.74) is 8.55. The maximum absolute atomic E-state index is 5.29. The summed E-state index contributed by atoms with van der Waals surface area (Å²) in [5.74, 6) is 0.737. The van der Waals surface area contributed by atoms with Crippen LogP contribution < -0.4 is 0 Å². The van der Waals surface area contributed by atoms with E-state index in [-0.39, 0.29) is 0 Å². The van der Waals surface area contributed by atoms with Gasteiger partial charge in [0.15, 0.2) is 5.82 Å². The lowest BCUT2D eigenvalue weighted by molar-refractivity contribution is 1.19. The predicted octanol–water partition coefficient (Wildman–Crippen LogP) is 12.4. The third kappa shape index (κ3) is 4.71. The summed E-state index contributed by atoms with van der Waals surface area (Å²) in [6, 6.07) is 56.0. The highest BCUT2D eigenvalue weighted by atomic mass is 32.1. The Labute approximate surface area is 274 Å². The Balaban J connectivity index is 1.23. The lowest BCUT2D eigenvalue weighted by atomic mass is 9.96. The van der Waals surface area contributed by atoms with Gasteiger partial charge in [-0.25, -0.2) is 9.97 Å². The van der Waals surface area contributed by atoms with Gasteiger partial charge in [0.05, 0.1) is 11.4 Å². The average Bonchev–Trinajstić information content (AvgIpc) is 3.74. The van der Waals surface area contributed by atoms with E-state index < -0.39 is 0 Å². The van der Waals surface area contributed by atoms with Crippen LogP contribution >= 0.6 is 22.7 Å². The zero-order valence-corrected chi connectivity index (χ0v) is 26.4. The van der Waals surface area contributed by atoms with E-state index in [1.807, 2.05) is 22.7 Å². The number of thiophene rings is 2. The number of benzene rings is 6. The third-order valence-electron chi connectivity index (χ3n) is 8.55. The summed E-state index contributed by atoms with van der Waals surface area (Å²) < 4.78 is 3.79. The molecule has 9 aromatic rings. The molecule has 0 aliphatic rings. The van der Waals surface area contributed by atoms with Gasteiger partial charge in [-0.2, -0.15) is 0 Å². The standard InChI is InChI=1S/C42H26N2S2/c1-2-11-27(12-3-1)31-14-5-6-15-32(31)37-26-36(28-21-23-29(24-22-28)40-25-30-13-4-8-19-38(30)45-40)43-42(44-37)35-18-10-17-34-33-16-7-9-20-39(33)46-41(34)35/h1-26H. The fourth-order valence-electron chi connectivity index (χ4n) is 6.28. The minimum Gasteiger partial charge on any atom is -0.228 e. The summed E-state index contributed by atoms with van der Waals surface area (Å²) in [5, 5.41) is 3.79. The highest BCUT2D eigenvalue weighted by molar-refractivity contribution is 7.26. The normalized spacial score (nSPS) is 11.5. The van der Waals surface area contributed by atoms with Crippen molar-refractivity contribution in [3.05, 3.63) is 158 Å². The van der Waals surface area contributed by atoms with Gasteiger partial charge in [0.1, 0.15) is 0 Å². The Morgan fingerprint density at radius 3 is 1.89 bits per heavy atom. The Kier molecular flexibility index (Phi) is 6.55. The molecule has 0 aliphatic heterocycles. The second kappa shape index (κ2) is 11.2. The second-order valence-electron chi connectivity index (χ2n) is 11.4. The first-order chi connectivity index (χ1) is 22.8. The monoisotopic (exact) mass is 622 g/mol. The molecule has 0 saturated carbocycles. The van der Waals surface area contributed by atoms with Crippen LogP contribution in [0.2, 0.25) is 0 Å². The second-order valence-corrected chi connectivity index (χ2v) is 13.5. The Hall–Kier alpha value is -5.42. The van der Waals surface area contributed by atoms with E-state index in [0.29, 0.717) is 0 Å². The van der Waals surface area contributed by atoms with Gasteiger partial charge in [0.2, 0.25) is 0 Å². The molecular formula is C42H26N2S2. The van der Waals surface area contributed by atoms with Crippen LogP contribution in [-0.4, -0.2) is 9.97 Å². The van der Waals surface area contributed by atoms with Gasteiger partial charge in [-0.1, -0.05) is 127 Å². The van der Waals surface area contributed by atoms with Crippen LogP contribution in [-0.2, 0) is 0 Å². The Morgan fingerprint density at radius 1 is 0.391 bits per heavy atom. The first kappa shape index (κ1) is 26.9. The molecule has 0 bridgehead atoms. The fourth-order valence-corrected chi connectivity index (χ4v) is 8.56. The summed E-state index contributed by atoms with van der Waals surface area (Å²) in [6.45, 7) is 0. The maximum atomic E-state index is 5.29. The first-order valence-electron chi connectivity index (χ1n) is 15.3. The first-order valence-corrected chi connectivity index (χ1v) is 17.0. The molecule has 0 unspecified atom stereocenters. The number of hydrogen-bond acceptors (Lipinski definition) is 4. The van der Waals surface area contributed by atoms with E-state index >= 15 is 0 Å².